The Hall–Kier alpha value is -2.48. The third-order valence-electron chi connectivity index (χ3n) is 3.39. The SMILES string of the molecule is C#CCN(CC)C(=O)N1CCc2ccc(C(=O)O)cc21. The summed E-state index contributed by atoms with van der Waals surface area (Å²) in [5, 5.41) is 9.04. The lowest BCUT2D eigenvalue weighted by Gasteiger charge is -2.26. The highest BCUT2D eigenvalue weighted by atomic mass is 16.4. The molecule has 5 nitrogen and oxygen atoms in total. The van der Waals surface area contributed by atoms with Crippen LogP contribution in [0.3, 0.4) is 0 Å². The number of amides is 2. The summed E-state index contributed by atoms with van der Waals surface area (Å²) < 4.78 is 0. The first-order chi connectivity index (χ1) is 9.58. The second kappa shape index (κ2) is 5.66. The van der Waals surface area contributed by atoms with Gasteiger partial charge in [0.1, 0.15) is 0 Å². The third-order valence-corrected chi connectivity index (χ3v) is 3.39. The lowest BCUT2D eigenvalue weighted by Crippen LogP contribution is -2.42. The molecule has 2 rings (SSSR count). The minimum absolute atomic E-state index is 0.174. The normalized spacial score (nSPS) is 12.7. The van der Waals surface area contributed by atoms with Gasteiger partial charge in [0.05, 0.1) is 12.1 Å². The molecule has 0 atom stereocenters. The Morgan fingerprint density at radius 3 is 2.85 bits per heavy atom. The second-order valence-electron chi connectivity index (χ2n) is 4.55. The number of carbonyl (C=O) groups excluding carboxylic acids is 1. The van der Waals surface area contributed by atoms with E-state index in [2.05, 4.69) is 5.92 Å². The first-order valence-electron chi connectivity index (χ1n) is 6.44. The van der Waals surface area contributed by atoms with Crippen molar-refractivity contribution in [1.82, 2.24) is 4.90 Å². The van der Waals surface area contributed by atoms with E-state index in [1.54, 1.807) is 28.0 Å². The van der Waals surface area contributed by atoms with Crippen LogP contribution in [0.5, 0.6) is 0 Å². The number of urea groups is 1. The molecule has 0 aliphatic carbocycles. The van der Waals surface area contributed by atoms with Crippen LogP contribution in [0.1, 0.15) is 22.8 Å². The average Bonchev–Trinajstić information content (AvgIpc) is 2.86. The predicted molar refractivity (Wildman–Crippen MR) is 75.9 cm³/mol. The maximum atomic E-state index is 12.4. The van der Waals surface area contributed by atoms with Gasteiger partial charge in [0, 0.05) is 18.8 Å². The molecule has 1 N–H and O–H groups in total. The molecule has 2 amide bonds. The van der Waals surface area contributed by atoms with E-state index in [9.17, 15) is 9.59 Å². The van der Waals surface area contributed by atoms with E-state index in [1.165, 1.54) is 0 Å². The Kier molecular flexibility index (Phi) is 3.94. The average molecular weight is 272 g/mol. The quantitative estimate of drug-likeness (QED) is 0.854. The summed E-state index contributed by atoms with van der Waals surface area (Å²) >= 11 is 0. The monoisotopic (exact) mass is 272 g/mol. The van der Waals surface area contributed by atoms with E-state index >= 15 is 0 Å². The summed E-state index contributed by atoms with van der Waals surface area (Å²) in [6.07, 6.45) is 5.99. The summed E-state index contributed by atoms with van der Waals surface area (Å²) in [5.74, 6) is 1.46. The van der Waals surface area contributed by atoms with Gasteiger partial charge in [-0.3, -0.25) is 4.90 Å². The molecule has 0 saturated heterocycles. The number of fused-ring (bicyclic) bond motifs is 1. The molecule has 0 spiro atoms. The molecule has 0 saturated carbocycles. The van der Waals surface area contributed by atoms with Gasteiger partial charge in [-0.05, 0) is 31.0 Å². The molecular formula is C15H16N2O3. The van der Waals surface area contributed by atoms with Gasteiger partial charge in [-0.2, -0.15) is 0 Å². The highest BCUT2D eigenvalue weighted by Crippen LogP contribution is 2.30. The fourth-order valence-electron chi connectivity index (χ4n) is 2.31. The zero-order valence-electron chi connectivity index (χ0n) is 11.3. The predicted octanol–water partition coefficient (Wildman–Crippen LogP) is 1.82. The number of terminal acetylenes is 1. The van der Waals surface area contributed by atoms with E-state index in [1.807, 2.05) is 6.92 Å². The van der Waals surface area contributed by atoms with Crippen molar-refractivity contribution in [2.45, 2.75) is 13.3 Å². The van der Waals surface area contributed by atoms with Crippen LogP contribution in [0, 0.1) is 12.3 Å². The van der Waals surface area contributed by atoms with Gasteiger partial charge >= 0.3 is 12.0 Å². The van der Waals surface area contributed by atoms with Crippen LogP contribution < -0.4 is 4.90 Å². The van der Waals surface area contributed by atoms with Crippen molar-refractivity contribution in [1.29, 1.82) is 0 Å². The zero-order chi connectivity index (χ0) is 14.7. The number of rotatable bonds is 3. The highest BCUT2D eigenvalue weighted by molar-refractivity contribution is 5.97. The lowest BCUT2D eigenvalue weighted by molar-refractivity contribution is 0.0697. The number of aromatic carboxylic acids is 1. The third kappa shape index (κ3) is 2.45. The summed E-state index contributed by atoms with van der Waals surface area (Å²) in [7, 11) is 0. The lowest BCUT2D eigenvalue weighted by atomic mass is 10.1. The van der Waals surface area contributed by atoms with Gasteiger partial charge in [0.15, 0.2) is 0 Å². The van der Waals surface area contributed by atoms with Gasteiger partial charge in [-0.25, -0.2) is 9.59 Å². The van der Waals surface area contributed by atoms with Crippen molar-refractivity contribution in [2.24, 2.45) is 0 Å². The molecule has 0 fully saturated rings. The summed E-state index contributed by atoms with van der Waals surface area (Å²) in [6, 6.07) is 4.70. The fraction of sp³-hybridized carbons (Fsp3) is 0.333. The van der Waals surface area contributed by atoms with E-state index < -0.39 is 5.97 Å². The Morgan fingerprint density at radius 1 is 1.50 bits per heavy atom. The van der Waals surface area contributed by atoms with E-state index in [-0.39, 0.29) is 18.1 Å². The number of carboxylic acids is 1. The first-order valence-corrected chi connectivity index (χ1v) is 6.44. The van der Waals surface area contributed by atoms with Crippen molar-refractivity contribution < 1.29 is 14.7 Å². The van der Waals surface area contributed by atoms with Crippen molar-refractivity contribution in [3.63, 3.8) is 0 Å². The number of nitrogens with zero attached hydrogens (tertiary/aromatic N) is 2. The number of benzene rings is 1. The van der Waals surface area contributed by atoms with Gasteiger partial charge in [-0.15, -0.1) is 6.42 Å². The number of hydrogen-bond donors (Lipinski definition) is 1. The molecule has 1 heterocycles. The van der Waals surface area contributed by atoms with Gasteiger partial charge in [-0.1, -0.05) is 12.0 Å². The maximum Gasteiger partial charge on any atom is 0.335 e. The molecule has 1 aliphatic heterocycles. The number of anilines is 1. The second-order valence-corrected chi connectivity index (χ2v) is 4.55. The van der Waals surface area contributed by atoms with Crippen molar-refractivity contribution >= 4 is 17.7 Å². The minimum Gasteiger partial charge on any atom is -0.478 e. The summed E-state index contributed by atoms with van der Waals surface area (Å²) in [5.41, 5.74) is 1.84. The smallest absolute Gasteiger partial charge is 0.335 e. The molecule has 1 aromatic carbocycles. The highest BCUT2D eigenvalue weighted by Gasteiger charge is 2.28. The standard InChI is InChI=1S/C15H16N2O3/c1-3-8-16(4-2)15(20)17-9-7-11-5-6-12(14(18)19)10-13(11)17/h1,5-6,10H,4,7-9H2,2H3,(H,18,19). The topological polar surface area (TPSA) is 60.9 Å². The van der Waals surface area contributed by atoms with Crippen molar-refractivity contribution in [3.05, 3.63) is 29.3 Å². The van der Waals surface area contributed by atoms with Crippen LogP contribution >= 0.6 is 0 Å². The molecule has 5 heteroatoms. The van der Waals surface area contributed by atoms with Gasteiger partial charge in [0.2, 0.25) is 0 Å². The molecule has 20 heavy (non-hydrogen) atoms. The molecule has 0 aromatic heterocycles. The Bertz CT molecular complexity index is 589. The number of hydrogen-bond acceptors (Lipinski definition) is 2. The van der Waals surface area contributed by atoms with Crippen LogP contribution in [0.2, 0.25) is 0 Å². The van der Waals surface area contributed by atoms with E-state index in [0.29, 0.717) is 18.8 Å². The van der Waals surface area contributed by atoms with Crippen molar-refractivity contribution in [3.8, 4) is 12.3 Å². The molecule has 0 bridgehead atoms. The number of carboxylic acid groups (broad SMARTS) is 1. The van der Waals surface area contributed by atoms with Crippen LogP contribution in [0.15, 0.2) is 18.2 Å². The van der Waals surface area contributed by atoms with Crippen LogP contribution in [-0.4, -0.2) is 41.6 Å². The maximum absolute atomic E-state index is 12.4. The fourth-order valence-corrected chi connectivity index (χ4v) is 2.31. The van der Waals surface area contributed by atoms with Gasteiger partial charge < -0.3 is 10.0 Å². The van der Waals surface area contributed by atoms with Crippen LogP contribution in [-0.2, 0) is 6.42 Å². The van der Waals surface area contributed by atoms with E-state index in [0.717, 1.165) is 12.0 Å². The molecule has 104 valence electrons. The van der Waals surface area contributed by atoms with E-state index in [4.69, 9.17) is 11.5 Å². The first kappa shape index (κ1) is 13.9. The molecular weight excluding hydrogens is 256 g/mol. The largest absolute Gasteiger partial charge is 0.478 e. The Balaban J connectivity index is 2.31. The molecule has 0 unspecified atom stereocenters. The van der Waals surface area contributed by atoms with Crippen LogP contribution in [0.25, 0.3) is 0 Å². The minimum atomic E-state index is -0.997. The molecule has 1 aromatic rings. The van der Waals surface area contributed by atoms with Gasteiger partial charge in [0.25, 0.3) is 0 Å². The molecule has 0 radical (unpaired) electrons. The molecule has 1 aliphatic rings. The summed E-state index contributed by atoms with van der Waals surface area (Å²) in [4.78, 5) is 26.6. The Morgan fingerprint density at radius 2 is 2.25 bits per heavy atom. The van der Waals surface area contributed by atoms with Crippen LogP contribution in [0.4, 0.5) is 10.5 Å². The number of carbonyl (C=O) groups is 2. The summed E-state index contributed by atoms with van der Waals surface area (Å²) in [6.45, 7) is 3.19. The zero-order valence-corrected chi connectivity index (χ0v) is 11.3. The Labute approximate surface area is 117 Å². The van der Waals surface area contributed by atoms with Crippen molar-refractivity contribution in [2.75, 3.05) is 24.5 Å².